The fourth-order valence-electron chi connectivity index (χ4n) is 2.35. The topological polar surface area (TPSA) is 79.3 Å². The molecule has 2 aromatic rings. The molecule has 0 spiro atoms. The van der Waals surface area contributed by atoms with Crippen molar-refractivity contribution in [2.24, 2.45) is 11.8 Å². The summed E-state index contributed by atoms with van der Waals surface area (Å²) >= 11 is 1.55. The molecule has 0 bridgehead atoms. The molecule has 1 saturated carbocycles. The zero-order valence-corrected chi connectivity index (χ0v) is 12.9. The van der Waals surface area contributed by atoms with E-state index in [1.807, 2.05) is 37.3 Å². The number of carbonyl (C=O) groups excluding carboxylic acids is 1. The molecular weight excluding hydrogens is 300 g/mol. The molecule has 2 N–H and O–H groups in total. The molecule has 1 fully saturated rings. The zero-order valence-electron chi connectivity index (χ0n) is 12.1. The minimum atomic E-state index is -0.888. The first kappa shape index (κ1) is 14.7. The maximum Gasteiger partial charge on any atom is 0.307 e. The Kier molecular flexibility index (Phi) is 3.94. The lowest BCUT2D eigenvalue weighted by atomic mass is 10.2. The van der Waals surface area contributed by atoms with Crippen LogP contribution in [0.5, 0.6) is 0 Å². The Morgan fingerprint density at radius 1 is 1.32 bits per heavy atom. The molecule has 5 nitrogen and oxygen atoms in total. The van der Waals surface area contributed by atoms with E-state index in [2.05, 4.69) is 10.3 Å². The summed E-state index contributed by atoms with van der Waals surface area (Å²) in [5, 5.41) is 12.6. The Bertz CT molecular complexity index is 711. The summed E-state index contributed by atoms with van der Waals surface area (Å²) in [5.74, 6) is -1.95. The van der Waals surface area contributed by atoms with Crippen LogP contribution in [0.25, 0.3) is 10.6 Å². The number of thiazole rings is 1. The van der Waals surface area contributed by atoms with Crippen LogP contribution in [0.3, 0.4) is 0 Å². The second-order valence-electron chi connectivity index (χ2n) is 5.40. The van der Waals surface area contributed by atoms with E-state index in [0.717, 1.165) is 21.1 Å². The molecule has 3 rings (SSSR count). The average molecular weight is 316 g/mol. The summed E-state index contributed by atoms with van der Waals surface area (Å²) in [6.45, 7) is 2.32. The van der Waals surface area contributed by atoms with Gasteiger partial charge < -0.3 is 10.4 Å². The van der Waals surface area contributed by atoms with Crippen molar-refractivity contribution in [3.8, 4) is 10.6 Å². The second-order valence-corrected chi connectivity index (χ2v) is 6.48. The van der Waals surface area contributed by atoms with Gasteiger partial charge in [0, 0.05) is 10.4 Å². The molecule has 0 radical (unpaired) electrons. The molecular formula is C16H16N2O3S. The van der Waals surface area contributed by atoms with Crippen LogP contribution in [0.4, 0.5) is 0 Å². The Morgan fingerprint density at radius 2 is 2.05 bits per heavy atom. The van der Waals surface area contributed by atoms with Crippen LogP contribution in [0.15, 0.2) is 30.3 Å². The van der Waals surface area contributed by atoms with E-state index in [-0.39, 0.29) is 11.8 Å². The van der Waals surface area contributed by atoms with E-state index >= 15 is 0 Å². The summed E-state index contributed by atoms with van der Waals surface area (Å²) in [7, 11) is 0. The van der Waals surface area contributed by atoms with E-state index in [4.69, 9.17) is 5.11 Å². The van der Waals surface area contributed by atoms with Crippen LogP contribution in [-0.2, 0) is 16.1 Å². The number of aryl methyl sites for hydroxylation is 1. The van der Waals surface area contributed by atoms with E-state index in [1.54, 1.807) is 11.3 Å². The molecule has 1 aliphatic rings. The molecule has 1 aromatic carbocycles. The fourth-order valence-corrected chi connectivity index (χ4v) is 3.36. The average Bonchev–Trinajstić information content (AvgIpc) is 3.24. The summed E-state index contributed by atoms with van der Waals surface area (Å²) in [6.07, 6.45) is 0.443. The van der Waals surface area contributed by atoms with Gasteiger partial charge >= 0.3 is 5.97 Å². The molecule has 0 saturated heterocycles. The van der Waals surface area contributed by atoms with E-state index < -0.39 is 11.9 Å². The number of carboxylic acid groups (broad SMARTS) is 1. The predicted octanol–water partition coefficient (Wildman–Crippen LogP) is 2.46. The summed E-state index contributed by atoms with van der Waals surface area (Å²) in [6, 6.07) is 9.89. The number of aliphatic carboxylic acids is 1. The molecule has 0 aliphatic heterocycles. The lowest BCUT2D eigenvalue weighted by Gasteiger charge is -2.02. The molecule has 0 unspecified atom stereocenters. The molecule has 6 heteroatoms. The lowest BCUT2D eigenvalue weighted by Crippen LogP contribution is -2.25. The third kappa shape index (κ3) is 3.01. The predicted molar refractivity (Wildman–Crippen MR) is 83.4 cm³/mol. The van der Waals surface area contributed by atoms with Gasteiger partial charge in [0.05, 0.1) is 24.1 Å². The SMILES string of the molecule is Cc1nc(-c2ccccc2)sc1CNC(=O)[C@@H]1C[C@@H]1C(=O)O. The third-order valence-corrected chi connectivity index (χ3v) is 4.99. The largest absolute Gasteiger partial charge is 0.481 e. The van der Waals surface area contributed by atoms with Gasteiger partial charge in [-0.1, -0.05) is 30.3 Å². The molecule has 2 atom stereocenters. The van der Waals surface area contributed by atoms with Crippen molar-refractivity contribution in [1.29, 1.82) is 0 Å². The monoisotopic (exact) mass is 316 g/mol. The Morgan fingerprint density at radius 3 is 2.68 bits per heavy atom. The van der Waals surface area contributed by atoms with Gasteiger partial charge in [-0.25, -0.2) is 4.98 Å². The zero-order chi connectivity index (χ0) is 15.7. The number of nitrogens with one attached hydrogen (secondary N) is 1. The molecule has 114 valence electrons. The first-order valence-corrected chi connectivity index (χ1v) is 7.90. The number of benzene rings is 1. The van der Waals surface area contributed by atoms with E-state index in [0.29, 0.717) is 13.0 Å². The lowest BCUT2D eigenvalue weighted by molar-refractivity contribution is -0.140. The van der Waals surface area contributed by atoms with E-state index in [1.165, 1.54) is 0 Å². The summed E-state index contributed by atoms with van der Waals surface area (Å²) in [4.78, 5) is 28.2. The van der Waals surface area contributed by atoms with Gasteiger partial charge in [0.25, 0.3) is 0 Å². The highest BCUT2D eigenvalue weighted by Crippen LogP contribution is 2.38. The third-order valence-electron chi connectivity index (χ3n) is 3.78. The standard InChI is InChI=1S/C16H16N2O3S/c1-9-13(8-17-14(19)11-7-12(11)16(20)21)22-15(18-9)10-5-3-2-4-6-10/h2-6,11-12H,7-8H2,1H3,(H,17,19)(H,20,21)/t11-,12+/m1/s1. The maximum absolute atomic E-state index is 11.9. The van der Waals surface area contributed by atoms with Gasteiger partial charge in [0.2, 0.25) is 5.91 Å². The van der Waals surface area contributed by atoms with Crippen molar-refractivity contribution in [2.75, 3.05) is 0 Å². The van der Waals surface area contributed by atoms with Crippen molar-refractivity contribution >= 4 is 23.2 Å². The Labute approximate surface area is 132 Å². The van der Waals surface area contributed by atoms with E-state index in [9.17, 15) is 9.59 Å². The van der Waals surface area contributed by atoms with Gasteiger partial charge in [-0.2, -0.15) is 0 Å². The number of carboxylic acids is 1. The minimum Gasteiger partial charge on any atom is -0.481 e. The number of hydrogen-bond acceptors (Lipinski definition) is 4. The van der Waals surface area contributed by atoms with Crippen LogP contribution in [0.1, 0.15) is 17.0 Å². The number of amides is 1. The number of hydrogen-bond donors (Lipinski definition) is 2. The highest BCUT2D eigenvalue weighted by molar-refractivity contribution is 7.15. The number of carbonyl (C=O) groups is 2. The molecule has 1 amide bonds. The Hall–Kier alpha value is -2.21. The van der Waals surface area contributed by atoms with Crippen LogP contribution < -0.4 is 5.32 Å². The van der Waals surface area contributed by atoms with Gasteiger partial charge in [-0.15, -0.1) is 11.3 Å². The van der Waals surface area contributed by atoms with Crippen molar-refractivity contribution in [2.45, 2.75) is 19.9 Å². The highest BCUT2D eigenvalue weighted by atomic mass is 32.1. The number of aromatic nitrogens is 1. The van der Waals surface area contributed by atoms with Crippen molar-refractivity contribution in [3.05, 3.63) is 40.9 Å². The van der Waals surface area contributed by atoms with Crippen LogP contribution >= 0.6 is 11.3 Å². The van der Waals surface area contributed by atoms with Crippen LogP contribution in [0, 0.1) is 18.8 Å². The van der Waals surface area contributed by atoms with Crippen molar-refractivity contribution in [3.63, 3.8) is 0 Å². The van der Waals surface area contributed by atoms with Crippen molar-refractivity contribution in [1.82, 2.24) is 10.3 Å². The normalized spacial score (nSPS) is 19.7. The van der Waals surface area contributed by atoms with Gasteiger partial charge in [0.1, 0.15) is 5.01 Å². The second kappa shape index (κ2) is 5.88. The van der Waals surface area contributed by atoms with Gasteiger partial charge in [-0.3, -0.25) is 9.59 Å². The Balaban J connectivity index is 1.63. The minimum absolute atomic E-state index is 0.179. The summed E-state index contributed by atoms with van der Waals surface area (Å²) in [5.41, 5.74) is 1.95. The maximum atomic E-state index is 11.9. The van der Waals surface area contributed by atoms with Gasteiger partial charge in [-0.05, 0) is 13.3 Å². The van der Waals surface area contributed by atoms with Crippen molar-refractivity contribution < 1.29 is 14.7 Å². The quantitative estimate of drug-likeness (QED) is 0.888. The molecule has 22 heavy (non-hydrogen) atoms. The first-order chi connectivity index (χ1) is 10.6. The van der Waals surface area contributed by atoms with Crippen LogP contribution in [0.2, 0.25) is 0 Å². The molecule has 1 heterocycles. The number of nitrogens with zero attached hydrogens (tertiary/aromatic N) is 1. The highest BCUT2D eigenvalue weighted by Gasteiger charge is 2.48. The smallest absolute Gasteiger partial charge is 0.307 e. The molecule has 1 aromatic heterocycles. The summed E-state index contributed by atoms with van der Waals surface area (Å²) < 4.78 is 0. The van der Waals surface area contributed by atoms with Gasteiger partial charge in [0.15, 0.2) is 0 Å². The fraction of sp³-hybridized carbons (Fsp3) is 0.312. The van der Waals surface area contributed by atoms with Crippen LogP contribution in [-0.4, -0.2) is 22.0 Å². The number of rotatable bonds is 5. The molecule has 1 aliphatic carbocycles. The first-order valence-electron chi connectivity index (χ1n) is 7.08.